The second kappa shape index (κ2) is 6.72. The van der Waals surface area contributed by atoms with E-state index in [-0.39, 0.29) is 0 Å². The third kappa shape index (κ3) is 3.11. The first-order valence-electron chi connectivity index (χ1n) is 6.44. The maximum Gasteiger partial charge on any atom is 0.163 e. The summed E-state index contributed by atoms with van der Waals surface area (Å²) in [5.41, 5.74) is 0.712. The van der Waals surface area contributed by atoms with Crippen molar-refractivity contribution < 1.29 is 14.2 Å². The van der Waals surface area contributed by atoms with Gasteiger partial charge in [0.1, 0.15) is 11.8 Å². The van der Waals surface area contributed by atoms with Crippen LogP contribution in [-0.2, 0) is 11.3 Å². The first-order valence-corrected chi connectivity index (χ1v) is 6.82. The van der Waals surface area contributed by atoms with Crippen molar-refractivity contribution in [1.82, 2.24) is 9.97 Å². The van der Waals surface area contributed by atoms with Gasteiger partial charge in [0.2, 0.25) is 0 Å². The molecule has 5 nitrogen and oxygen atoms in total. The van der Waals surface area contributed by atoms with Crippen LogP contribution in [0, 0.1) is 0 Å². The monoisotopic (exact) mass is 296 g/mol. The van der Waals surface area contributed by atoms with Gasteiger partial charge in [0.05, 0.1) is 18.7 Å². The largest absolute Gasteiger partial charge is 0.490 e. The molecule has 1 aromatic carbocycles. The standard InChI is InChI=1S/C14H17ClN2O3/c1-4-19-11-6-9-10(7-12(11)20-5-2)16-13(8-18-3)17-14(9)15/h6-7H,4-5,8H2,1-3H3. The maximum atomic E-state index is 6.20. The highest BCUT2D eigenvalue weighted by Crippen LogP contribution is 2.34. The number of hydrogen-bond acceptors (Lipinski definition) is 5. The molecule has 0 fully saturated rings. The van der Waals surface area contributed by atoms with Crippen molar-refractivity contribution in [3.63, 3.8) is 0 Å². The van der Waals surface area contributed by atoms with Crippen LogP contribution in [0.4, 0.5) is 0 Å². The number of ether oxygens (including phenoxy) is 3. The van der Waals surface area contributed by atoms with Crippen LogP contribution in [0.25, 0.3) is 10.9 Å². The first-order chi connectivity index (χ1) is 9.69. The van der Waals surface area contributed by atoms with Crippen molar-refractivity contribution in [2.45, 2.75) is 20.5 Å². The molecule has 0 aliphatic rings. The third-order valence-corrected chi connectivity index (χ3v) is 2.92. The zero-order chi connectivity index (χ0) is 14.5. The highest BCUT2D eigenvalue weighted by Gasteiger charge is 2.12. The number of halogens is 1. The zero-order valence-corrected chi connectivity index (χ0v) is 12.5. The summed E-state index contributed by atoms with van der Waals surface area (Å²) in [6.45, 7) is 5.25. The van der Waals surface area contributed by atoms with Gasteiger partial charge in [0.15, 0.2) is 17.3 Å². The number of nitrogens with zero attached hydrogens (tertiary/aromatic N) is 2. The Morgan fingerprint density at radius 2 is 1.70 bits per heavy atom. The van der Waals surface area contributed by atoms with Gasteiger partial charge in [-0.3, -0.25) is 0 Å². The Hall–Kier alpha value is -1.59. The molecule has 0 aliphatic heterocycles. The Bertz CT molecular complexity index is 604. The smallest absolute Gasteiger partial charge is 0.163 e. The Labute approximate surface area is 122 Å². The predicted molar refractivity (Wildman–Crippen MR) is 77.6 cm³/mol. The minimum atomic E-state index is 0.312. The van der Waals surface area contributed by atoms with Gasteiger partial charge < -0.3 is 14.2 Å². The molecule has 0 amide bonds. The van der Waals surface area contributed by atoms with Crippen molar-refractivity contribution in [1.29, 1.82) is 0 Å². The summed E-state index contributed by atoms with van der Waals surface area (Å²) in [5.74, 6) is 1.84. The van der Waals surface area contributed by atoms with Gasteiger partial charge >= 0.3 is 0 Å². The number of rotatable bonds is 6. The molecule has 0 saturated carbocycles. The highest BCUT2D eigenvalue weighted by atomic mass is 35.5. The molecule has 108 valence electrons. The van der Waals surface area contributed by atoms with Crippen molar-refractivity contribution in [3.05, 3.63) is 23.1 Å². The average Bonchev–Trinajstić information content (AvgIpc) is 2.41. The summed E-state index contributed by atoms with van der Waals surface area (Å²) in [7, 11) is 1.59. The summed E-state index contributed by atoms with van der Waals surface area (Å²) in [4.78, 5) is 8.61. The van der Waals surface area contributed by atoms with E-state index < -0.39 is 0 Å². The molecule has 0 N–H and O–H groups in total. The van der Waals surface area contributed by atoms with Crippen LogP contribution in [0.2, 0.25) is 5.15 Å². The fraction of sp³-hybridized carbons (Fsp3) is 0.429. The van der Waals surface area contributed by atoms with Gasteiger partial charge in [-0.25, -0.2) is 9.97 Å². The molecule has 2 aromatic rings. The van der Waals surface area contributed by atoms with Crippen LogP contribution in [0.15, 0.2) is 12.1 Å². The predicted octanol–water partition coefficient (Wildman–Crippen LogP) is 3.23. The molecule has 1 aromatic heterocycles. The highest BCUT2D eigenvalue weighted by molar-refractivity contribution is 6.34. The summed E-state index contributed by atoms with van der Waals surface area (Å²) >= 11 is 6.20. The average molecular weight is 297 g/mol. The van der Waals surface area contributed by atoms with E-state index in [1.807, 2.05) is 26.0 Å². The second-order valence-electron chi connectivity index (χ2n) is 4.05. The first kappa shape index (κ1) is 14.8. The number of hydrogen-bond donors (Lipinski definition) is 0. The number of benzene rings is 1. The Balaban J connectivity index is 2.57. The van der Waals surface area contributed by atoms with Crippen LogP contribution in [-0.4, -0.2) is 30.3 Å². The summed E-state index contributed by atoms with van der Waals surface area (Å²) in [5, 5.41) is 1.12. The lowest BCUT2D eigenvalue weighted by molar-refractivity contribution is 0.178. The zero-order valence-electron chi connectivity index (χ0n) is 11.8. The normalized spacial score (nSPS) is 10.8. The van der Waals surface area contributed by atoms with Crippen LogP contribution in [0.5, 0.6) is 11.5 Å². The van der Waals surface area contributed by atoms with Gasteiger partial charge in [-0.1, -0.05) is 11.6 Å². The van der Waals surface area contributed by atoms with Crippen LogP contribution in [0.1, 0.15) is 19.7 Å². The minimum absolute atomic E-state index is 0.312. The van der Waals surface area contributed by atoms with E-state index in [2.05, 4.69) is 9.97 Å². The van der Waals surface area contributed by atoms with Crippen LogP contribution >= 0.6 is 11.6 Å². The van der Waals surface area contributed by atoms with E-state index in [1.54, 1.807) is 7.11 Å². The van der Waals surface area contributed by atoms with E-state index in [4.69, 9.17) is 25.8 Å². The lowest BCUT2D eigenvalue weighted by atomic mass is 10.2. The van der Waals surface area contributed by atoms with Crippen molar-refractivity contribution in [2.24, 2.45) is 0 Å². The second-order valence-corrected chi connectivity index (χ2v) is 4.40. The Kier molecular flexibility index (Phi) is 4.98. The van der Waals surface area contributed by atoms with E-state index in [9.17, 15) is 0 Å². The van der Waals surface area contributed by atoms with E-state index in [0.717, 1.165) is 5.39 Å². The molecule has 0 radical (unpaired) electrons. The molecule has 0 spiro atoms. The van der Waals surface area contributed by atoms with E-state index >= 15 is 0 Å². The molecular weight excluding hydrogens is 280 g/mol. The van der Waals surface area contributed by atoms with Gasteiger partial charge in [-0.15, -0.1) is 0 Å². The maximum absolute atomic E-state index is 6.20. The molecule has 20 heavy (non-hydrogen) atoms. The van der Waals surface area contributed by atoms with Crippen LogP contribution < -0.4 is 9.47 Å². The van der Waals surface area contributed by atoms with Gasteiger partial charge in [0.25, 0.3) is 0 Å². The Morgan fingerprint density at radius 3 is 2.30 bits per heavy atom. The van der Waals surface area contributed by atoms with Crippen molar-refractivity contribution >= 4 is 22.5 Å². The SMILES string of the molecule is CCOc1cc2nc(COC)nc(Cl)c2cc1OCC. The van der Waals surface area contributed by atoms with Crippen molar-refractivity contribution in [2.75, 3.05) is 20.3 Å². The molecule has 0 aliphatic carbocycles. The fourth-order valence-electron chi connectivity index (χ4n) is 1.87. The third-order valence-electron chi connectivity index (χ3n) is 2.63. The molecule has 2 rings (SSSR count). The molecule has 0 saturated heterocycles. The molecule has 0 bridgehead atoms. The molecule has 0 atom stereocenters. The molecule has 1 heterocycles. The summed E-state index contributed by atoms with van der Waals surface area (Å²) in [6.07, 6.45) is 0. The van der Waals surface area contributed by atoms with Gasteiger partial charge in [-0.05, 0) is 19.9 Å². The summed E-state index contributed by atoms with van der Waals surface area (Å²) < 4.78 is 16.2. The Morgan fingerprint density at radius 1 is 1.05 bits per heavy atom. The van der Waals surface area contributed by atoms with Gasteiger partial charge in [0, 0.05) is 18.6 Å². The number of aromatic nitrogens is 2. The molecular formula is C14H17ClN2O3. The quantitative estimate of drug-likeness (QED) is 0.766. The van der Waals surface area contributed by atoms with Crippen molar-refractivity contribution in [3.8, 4) is 11.5 Å². The topological polar surface area (TPSA) is 53.5 Å². The fourth-order valence-corrected chi connectivity index (χ4v) is 2.12. The lowest BCUT2D eigenvalue weighted by Crippen LogP contribution is -2.01. The number of methoxy groups -OCH3 is 1. The lowest BCUT2D eigenvalue weighted by Gasteiger charge is -2.12. The number of fused-ring (bicyclic) bond motifs is 1. The van der Waals surface area contributed by atoms with Gasteiger partial charge in [-0.2, -0.15) is 0 Å². The molecule has 6 heteroatoms. The van der Waals surface area contributed by atoms with E-state index in [1.165, 1.54) is 0 Å². The summed E-state index contributed by atoms with van der Waals surface area (Å²) in [6, 6.07) is 3.62. The van der Waals surface area contributed by atoms with E-state index in [0.29, 0.717) is 47.8 Å². The molecule has 0 unspecified atom stereocenters. The minimum Gasteiger partial charge on any atom is -0.490 e. The van der Waals surface area contributed by atoms with Crippen LogP contribution in [0.3, 0.4) is 0 Å².